The number of halogens is 3. The molecule has 0 unspecified atom stereocenters. The van der Waals surface area contributed by atoms with Gasteiger partial charge in [0, 0.05) is 19.1 Å². The summed E-state index contributed by atoms with van der Waals surface area (Å²) in [6, 6.07) is 13.1. The molecule has 12 heteroatoms. The summed E-state index contributed by atoms with van der Waals surface area (Å²) < 4.78 is 52.6. The highest BCUT2D eigenvalue weighted by Gasteiger charge is 2.45. The molecule has 47 heavy (non-hydrogen) atoms. The van der Waals surface area contributed by atoms with Crippen molar-refractivity contribution in [2.24, 2.45) is 0 Å². The van der Waals surface area contributed by atoms with Gasteiger partial charge >= 0.3 is 18.0 Å². The maximum absolute atomic E-state index is 14.4. The van der Waals surface area contributed by atoms with Gasteiger partial charge < -0.3 is 25.0 Å². The standard InChI is InChI=1S/C35H35F3N4O5/c1-46-20-29-30(32(43)47-2)31(21-8-11-27(37)28(38)18-21)42(34(45)40-29)33(44)39-14-5-15-41-16-12-35(13-17-41)25-7-4-3-6-23(25)24-10-9-22(36)19-26(24)35/h3-4,6-11,18-19,31H,5,12-17,20H2,1-2H3,(H,39,44)(H,40,45)/t31-/m0/s1. The molecule has 4 amide bonds. The van der Waals surface area contributed by atoms with Crippen LogP contribution < -0.4 is 10.6 Å². The zero-order valence-electron chi connectivity index (χ0n) is 26.1. The number of benzene rings is 3. The number of nitrogens with one attached hydrogen (secondary N) is 2. The predicted molar refractivity (Wildman–Crippen MR) is 167 cm³/mol. The Balaban J connectivity index is 1.13. The van der Waals surface area contributed by atoms with Crippen LogP contribution in [0.5, 0.6) is 0 Å². The number of nitrogens with zero attached hydrogens (tertiary/aromatic N) is 2. The normalized spacial score (nSPS) is 18.5. The van der Waals surface area contributed by atoms with Gasteiger partial charge in [-0.05, 0) is 91.0 Å². The van der Waals surface area contributed by atoms with Gasteiger partial charge in [-0.1, -0.05) is 36.4 Å². The maximum atomic E-state index is 14.4. The highest BCUT2D eigenvalue weighted by molar-refractivity contribution is 6.01. The lowest BCUT2D eigenvalue weighted by Gasteiger charge is -2.41. The second-order valence-corrected chi connectivity index (χ2v) is 11.9. The molecule has 9 nitrogen and oxygen atoms in total. The van der Waals surface area contributed by atoms with Crippen molar-refractivity contribution in [1.29, 1.82) is 0 Å². The number of hydrogen-bond acceptors (Lipinski definition) is 6. The van der Waals surface area contributed by atoms with Gasteiger partial charge in [0.1, 0.15) is 11.9 Å². The van der Waals surface area contributed by atoms with Crippen molar-refractivity contribution in [1.82, 2.24) is 20.4 Å². The van der Waals surface area contributed by atoms with Crippen LogP contribution in [-0.2, 0) is 19.7 Å². The molecule has 1 atom stereocenters. The fraction of sp³-hybridized carbons (Fsp3) is 0.343. The lowest BCUT2D eigenvalue weighted by Crippen LogP contribution is -2.55. The Labute approximate surface area is 270 Å². The number of fused-ring (bicyclic) bond motifs is 5. The summed E-state index contributed by atoms with van der Waals surface area (Å²) in [6.07, 6.45) is 2.20. The molecule has 2 heterocycles. The van der Waals surface area contributed by atoms with Gasteiger partial charge in [0.2, 0.25) is 0 Å². The second-order valence-electron chi connectivity index (χ2n) is 11.9. The van der Waals surface area contributed by atoms with E-state index in [-0.39, 0.29) is 41.2 Å². The number of carbonyl (C=O) groups is 3. The Kier molecular flexibility index (Phi) is 9.07. The molecule has 3 aromatic rings. The van der Waals surface area contributed by atoms with Crippen LogP contribution in [0.15, 0.2) is 71.9 Å². The topological polar surface area (TPSA) is 100 Å². The van der Waals surface area contributed by atoms with E-state index in [1.807, 2.05) is 18.2 Å². The Morgan fingerprint density at radius 1 is 0.957 bits per heavy atom. The molecule has 2 N–H and O–H groups in total. The molecule has 3 aliphatic rings. The largest absolute Gasteiger partial charge is 0.466 e. The minimum Gasteiger partial charge on any atom is -0.466 e. The second kappa shape index (κ2) is 13.2. The molecule has 1 spiro atoms. The quantitative estimate of drug-likeness (QED) is 0.251. The SMILES string of the molecule is COCC1=C(C(=O)OC)[C@H](c2ccc(F)c(F)c2)N(C(=O)NCCCN2CCC3(CC2)c2ccccc2-c2ccc(F)cc23)C(=O)N1. The van der Waals surface area contributed by atoms with Crippen LogP contribution in [0.2, 0.25) is 0 Å². The molecule has 6 rings (SSSR count). The Bertz CT molecular complexity index is 1750. The van der Waals surface area contributed by atoms with Crippen molar-refractivity contribution in [3.8, 4) is 11.1 Å². The molecule has 0 bridgehead atoms. The third-order valence-corrected chi connectivity index (χ3v) is 9.37. The Morgan fingerprint density at radius 3 is 2.43 bits per heavy atom. The molecule has 1 fully saturated rings. The number of urea groups is 2. The molecule has 2 aliphatic heterocycles. The smallest absolute Gasteiger partial charge is 0.338 e. The number of carbonyl (C=O) groups excluding carboxylic acids is 3. The van der Waals surface area contributed by atoms with E-state index >= 15 is 0 Å². The number of hydrogen-bond donors (Lipinski definition) is 2. The van der Waals surface area contributed by atoms with Gasteiger partial charge in [-0.15, -0.1) is 0 Å². The van der Waals surface area contributed by atoms with Crippen molar-refractivity contribution < 1.29 is 37.0 Å². The maximum Gasteiger partial charge on any atom is 0.338 e. The minimum atomic E-state index is -1.41. The monoisotopic (exact) mass is 648 g/mol. The van der Waals surface area contributed by atoms with E-state index in [1.165, 1.54) is 24.8 Å². The van der Waals surface area contributed by atoms with Crippen molar-refractivity contribution in [3.63, 3.8) is 0 Å². The first kappa shape index (κ1) is 32.3. The average molecular weight is 649 g/mol. The summed E-state index contributed by atoms with van der Waals surface area (Å²) in [5.41, 5.74) is 4.16. The highest BCUT2D eigenvalue weighted by Crippen LogP contribution is 2.54. The van der Waals surface area contributed by atoms with Gasteiger partial charge in [0.15, 0.2) is 11.6 Å². The minimum absolute atomic E-state index is 0.0000834. The van der Waals surface area contributed by atoms with Crippen molar-refractivity contribution in [3.05, 3.63) is 106 Å². The van der Waals surface area contributed by atoms with Gasteiger partial charge in [0.25, 0.3) is 0 Å². The lowest BCUT2D eigenvalue weighted by atomic mass is 9.71. The van der Waals surface area contributed by atoms with Gasteiger partial charge in [-0.25, -0.2) is 32.5 Å². The Morgan fingerprint density at radius 2 is 1.70 bits per heavy atom. The molecule has 0 aromatic heterocycles. The van der Waals surface area contributed by atoms with Crippen LogP contribution in [0, 0.1) is 17.5 Å². The fourth-order valence-corrected chi connectivity index (χ4v) is 7.19. The van der Waals surface area contributed by atoms with E-state index in [4.69, 9.17) is 9.47 Å². The third-order valence-electron chi connectivity index (χ3n) is 9.37. The number of ether oxygens (including phenoxy) is 2. The summed E-state index contributed by atoms with van der Waals surface area (Å²) in [7, 11) is 2.49. The molecule has 0 saturated carbocycles. The number of methoxy groups -OCH3 is 2. The van der Waals surface area contributed by atoms with Crippen molar-refractivity contribution in [2.45, 2.75) is 30.7 Å². The van der Waals surface area contributed by atoms with E-state index in [0.717, 1.165) is 66.8 Å². The van der Waals surface area contributed by atoms with Crippen molar-refractivity contribution >= 4 is 18.0 Å². The summed E-state index contributed by atoms with van der Waals surface area (Å²) in [5, 5.41) is 5.24. The van der Waals surface area contributed by atoms with Gasteiger partial charge in [-0.3, -0.25) is 0 Å². The molecular formula is C35H35F3N4O5. The van der Waals surface area contributed by atoms with E-state index in [2.05, 4.69) is 27.7 Å². The van der Waals surface area contributed by atoms with E-state index in [1.54, 1.807) is 6.07 Å². The number of imide groups is 1. The number of likely N-dealkylation sites (tertiary alicyclic amines) is 1. The van der Waals surface area contributed by atoms with E-state index < -0.39 is 35.7 Å². The summed E-state index contributed by atoms with van der Waals surface area (Å²) in [4.78, 5) is 42.7. The zero-order valence-corrected chi connectivity index (χ0v) is 26.1. The molecule has 0 radical (unpaired) electrons. The van der Waals surface area contributed by atoms with Gasteiger partial charge in [-0.2, -0.15) is 0 Å². The number of amides is 4. The predicted octanol–water partition coefficient (Wildman–Crippen LogP) is 5.41. The first-order valence-electron chi connectivity index (χ1n) is 15.4. The molecule has 1 aliphatic carbocycles. The van der Waals surface area contributed by atoms with Crippen LogP contribution >= 0.6 is 0 Å². The van der Waals surface area contributed by atoms with Crippen LogP contribution in [0.1, 0.15) is 42.0 Å². The average Bonchev–Trinajstić information content (AvgIpc) is 3.32. The van der Waals surface area contributed by atoms with Crippen LogP contribution in [-0.4, -0.2) is 74.8 Å². The molecule has 1 saturated heterocycles. The highest BCUT2D eigenvalue weighted by atomic mass is 19.2. The Hall–Kier alpha value is -4.68. The van der Waals surface area contributed by atoms with Gasteiger partial charge in [0.05, 0.1) is 25.0 Å². The van der Waals surface area contributed by atoms with Crippen LogP contribution in [0.25, 0.3) is 11.1 Å². The zero-order chi connectivity index (χ0) is 33.3. The first-order valence-corrected chi connectivity index (χ1v) is 15.4. The van der Waals surface area contributed by atoms with Crippen LogP contribution in [0.3, 0.4) is 0 Å². The van der Waals surface area contributed by atoms with Crippen LogP contribution in [0.4, 0.5) is 22.8 Å². The first-order chi connectivity index (χ1) is 22.7. The number of piperidine rings is 1. The fourth-order valence-electron chi connectivity index (χ4n) is 7.19. The van der Waals surface area contributed by atoms with Crippen molar-refractivity contribution in [2.75, 3.05) is 47.0 Å². The molecule has 246 valence electrons. The number of esters is 1. The van der Waals surface area contributed by atoms with E-state index in [0.29, 0.717) is 13.0 Å². The summed E-state index contributed by atoms with van der Waals surface area (Å²) >= 11 is 0. The lowest BCUT2D eigenvalue weighted by molar-refractivity contribution is -0.137. The molecule has 3 aromatic carbocycles. The number of rotatable bonds is 8. The summed E-state index contributed by atoms with van der Waals surface area (Å²) in [5.74, 6) is -3.44. The third kappa shape index (κ3) is 5.87. The summed E-state index contributed by atoms with van der Waals surface area (Å²) in [6.45, 7) is 2.22. The molecular weight excluding hydrogens is 613 g/mol. The van der Waals surface area contributed by atoms with E-state index in [9.17, 15) is 27.6 Å².